The van der Waals surface area contributed by atoms with E-state index in [9.17, 15) is 19.2 Å². The summed E-state index contributed by atoms with van der Waals surface area (Å²) in [7, 11) is 0. The number of benzene rings is 2. The molecule has 158 valence electrons. The van der Waals surface area contributed by atoms with Crippen LogP contribution in [0.15, 0.2) is 42.5 Å². The normalized spacial score (nSPS) is 12.5. The number of amides is 2. The monoisotopic (exact) mass is 422 g/mol. The number of anilines is 1. The number of nitrogens with zero attached hydrogens (tertiary/aromatic N) is 1. The van der Waals surface area contributed by atoms with E-state index < -0.39 is 24.3 Å². The lowest BCUT2D eigenvalue weighted by Crippen LogP contribution is -2.27. The van der Waals surface area contributed by atoms with Crippen LogP contribution in [0.1, 0.15) is 27.3 Å². The lowest BCUT2D eigenvalue weighted by molar-refractivity contribution is -0.142. The topological polar surface area (TPSA) is 139 Å². The summed E-state index contributed by atoms with van der Waals surface area (Å²) in [6.45, 7) is -0.496. The number of aromatic amines is 1. The molecule has 31 heavy (non-hydrogen) atoms. The van der Waals surface area contributed by atoms with Crippen LogP contribution in [0.3, 0.4) is 0 Å². The molecule has 0 atom stereocenters. The summed E-state index contributed by atoms with van der Waals surface area (Å²) in [5, 5.41) is 12.6. The van der Waals surface area contributed by atoms with Gasteiger partial charge in [-0.05, 0) is 24.3 Å². The van der Waals surface area contributed by atoms with Crippen LogP contribution in [-0.4, -0.2) is 53.5 Å². The van der Waals surface area contributed by atoms with E-state index in [1.807, 2.05) is 6.07 Å². The highest BCUT2D eigenvalue weighted by Crippen LogP contribution is 2.28. The lowest BCUT2D eigenvalue weighted by Gasteiger charge is -2.18. The SMILES string of the molecule is O=C1COc2ccc(C(=O)COC(=O)CCNC(=O)c3n[nH]c4ccccc34)cc2N1. The van der Waals surface area contributed by atoms with Crippen LogP contribution in [0.25, 0.3) is 10.9 Å². The number of Topliss-reactive ketones (excluding diaryl/α,β-unsaturated/α-hetero) is 1. The summed E-state index contributed by atoms with van der Waals surface area (Å²) < 4.78 is 10.2. The number of para-hydroxylation sites is 1. The summed E-state index contributed by atoms with van der Waals surface area (Å²) in [5.74, 6) is -1.32. The number of nitrogens with one attached hydrogen (secondary N) is 3. The Morgan fingerprint density at radius 2 is 2.00 bits per heavy atom. The van der Waals surface area contributed by atoms with Gasteiger partial charge in [-0.25, -0.2) is 0 Å². The van der Waals surface area contributed by atoms with Gasteiger partial charge in [0.25, 0.3) is 11.8 Å². The molecule has 0 saturated heterocycles. The number of fused-ring (bicyclic) bond motifs is 2. The molecule has 0 radical (unpaired) electrons. The zero-order valence-corrected chi connectivity index (χ0v) is 16.3. The largest absolute Gasteiger partial charge is 0.482 e. The first-order valence-corrected chi connectivity index (χ1v) is 9.48. The van der Waals surface area contributed by atoms with E-state index in [4.69, 9.17) is 9.47 Å². The van der Waals surface area contributed by atoms with Crippen LogP contribution in [0, 0.1) is 0 Å². The molecule has 3 aromatic rings. The average Bonchev–Trinajstić information content (AvgIpc) is 3.21. The molecule has 1 aromatic heterocycles. The van der Waals surface area contributed by atoms with Gasteiger partial charge in [-0.15, -0.1) is 0 Å². The predicted octanol–water partition coefficient (Wildman–Crippen LogP) is 1.44. The summed E-state index contributed by atoms with van der Waals surface area (Å²) in [5.41, 5.74) is 1.64. The van der Waals surface area contributed by atoms with Crippen LogP contribution < -0.4 is 15.4 Å². The van der Waals surface area contributed by atoms with Crippen molar-refractivity contribution < 1.29 is 28.7 Å². The van der Waals surface area contributed by atoms with E-state index >= 15 is 0 Å². The number of carbonyl (C=O) groups excluding carboxylic acids is 4. The Bertz CT molecular complexity index is 1190. The minimum Gasteiger partial charge on any atom is -0.482 e. The highest BCUT2D eigenvalue weighted by molar-refractivity contribution is 6.05. The summed E-state index contributed by atoms with van der Waals surface area (Å²) in [6.07, 6.45) is -0.102. The third-order valence-electron chi connectivity index (χ3n) is 4.60. The molecule has 3 N–H and O–H groups in total. The van der Waals surface area contributed by atoms with Crippen LogP contribution in [0.2, 0.25) is 0 Å². The Morgan fingerprint density at radius 3 is 2.87 bits per heavy atom. The molecule has 1 aliphatic heterocycles. The average molecular weight is 422 g/mol. The summed E-state index contributed by atoms with van der Waals surface area (Å²) in [6, 6.07) is 11.8. The van der Waals surface area contributed by atoms with Gasteiger partial charge in [0, 0.05) is 17.5 Å². The third-order valence-corrected chi connectivity index (χ3v) is 4.60. The molecule has 10 nitrogen and oxygen atoms in total. The van der Waals surface area contributed by atoms with Crippen molar-refractivity contribution in [3.8, 4) is 5.75 Å². The Hall–Kier alpha value is -4.21. The number of hydrogen-bond acceptors (Lipinski definition) is 7. The van der Waals surface area contributed by atoms with Crippen LogP contribution in [0.4, 0.5) is 5.69 Å². The van der Waals surface area contributed by atoms with Gasteiger partial charge in [-0.3, -0.25) is 24.3 Å². The van der Waals surface area contributed by atoms with Crippen molar-refractivity contribution in [2.24, 2.45) is 0 Å². The predicted molar refractivity (Wildman–Crippen MR) is 109 cm³/mol. The maximum Gasteiger partial charge on any atom is 0.308 e. The number of ether oxygens (including phenoxy) is 2. The van der Waals surface area contributed by atoms with Gasteiger partial charge < -0.3 is 20.1 Å². The number of rotatable bonds is 7. The lowest BCUT2D eigenvalue weighted by atomic mass is 10.1. The molecule has 10 heteroatoms. The number of carbonyl (C=O) groups is 4. The summed E-state index contributed by atoms with van der Waals surface area (Å²) >= 11 is 0. The van der Waals surface area contributed by atoms with Gasteiger partial charge in [-0.1, -0.05) is 18.2 Å². The van der Waals surface area contributed by atoms with E-state index in [1.54, 1.807) is 24.3 Å². The molecule has 2 heterocycles. The smallest absolute Gasteiger partial charge is 0.308 e. The number of esters is 1. The van der Waals surface area contributed by atoms with E-state index in [0.717, 1.165) is 5.52 Å². The standard InChI is InChI=1S/C21H18N4O6/c26-16(12-5-6-17-15(9-12)23-18(27)11-30-17)10-31-19(28)7-8-22-21(29)20-13-3-1-2-4-14(13)24-25-20/h1-6,9H,7-8,10-11H2,(H,22,29)(H,23,27)(H,24,25). The highest BCUT2D eigenvalue weighted by atomic mass is 16.5. The fourth-order valence-electron chi connectivity index (χ4n) is 3.06. The molecule has 4 rings (SSSR count). The van der Waals surface area contributed by atoms with Crippen molar-refractivity contribution in [2.45, 2.75) is 6.42 Å². The van der Waals surface area contributed by atoms with Crippen molar-refractivity contribution >= 4 is 40.2 Å². The van der Waals surface area contributed by atoms with Crippen molar-refractivity contribution in [1.29, 1.82) is 0 Å². The minimum absolute atomic E-state index is 0.0370. The molecule has 0 bridgehead atoms. The van der Waals surface area contributed by atoms with Crippen LogP contribution >= 0.6 is 0 Å². The van der Waals surface area contributed by atoms with Crippen molar-refractivity contribution in [1.82, 2.24) is 15.5 Å². The zero-order chi connectivity index (χ0) is 21.8. The Kier molecular flexibility index (Phi) is 5.61. The third kappa shape index (κ3) is 4.53. The Labute approximate surface area is 175 Å². The minimum atomic E-state index is -0.630. The number of ketones is 1. The second kappa shape index (κ2) is 8.66. The fourth-order valence-corrected chi connectivity index (χ4v) is 3.06. The molecular weight excluding hydrogens is 404 g/mol. The van der Waals surface area contributed by atoms with E-state index in [2.05, 4.69) is 20.8 Å². The maximum absolute atomic E-state index is 12.3. The number of hydrogen-bond donors (Lipinski definition) is 3. The van der Waals surface area contributed by atoms with Gasteiger partial charge in [-0.2, -0.15) is 5.10 Å². The zero-order valence-electron chi connectivity index (χ0n) is 16.3. The molecular formula is C21H18N4O6. The van der Waals surface area contributed by atoms with E-state index in [-0.39, 0.29) is 36.7 Å². The molecule has 2 aromatic carbocycles. The fraction of sp³-hybridized carbons (Fsp3) is 0.190. The first kappa shape index (κ1) is 20.1. The first-order valence-electron chi connectivity index (χ1n) is 9.48. The van der Waals surface area contributed by atoms with Crippen molar-refractivity contribution in [2.75, 3.05) is 25.1 Å². The second-order valence-corrected chi connectivity index (χ2v) is 6.76. The Morgan fingerprint density at radius 1 is 1.16 bits per heavy atom. The van der Waals surface area contributed by atoms with Gasteiger partial charge in [0.05, 0.1) is 17.6 Å². The van der Waals surface area contributed by atoms with Gasteiger partial charge >= 0.3 is 5.97 Å². The number of H-pyrrole nitrogens is 1. The second-order valence-electron chi connectivity index (χ2n) is 6.76. The number of aromatic nitrogens is 2. The highest BCUT2D eigenvalue weighted by Gasteiger charge is 2.19. The molecule has 1 aliphatic rings. The maximum atomic E-state index is 12.3. The quantitative estimate of drug-likeness (QED) is 0.387. The molecule has 0 saturated carbocycles. The molecule has 0 spiro atoms. The van der Waals surface area contributed by atoms with Crippen molar-refractivity contribution in [3.05, 3.63) is 53.7 Å². The first-order chi connectivity index (χ1) is 15.0. The Balaban J connectivity index is 1.24. The summed E-state index contributed by atoms with van der Waals surface area (Å²) in [4.78, 5) is 47.8. The van der Waals surface area contributed by atoms with Gasteiger partial charge in [0.2, 0.25) is 0 Å². The molecule has 0 aliphatic carbocycles. The molecule has 0 fully saturated rings. The van der Waals surface area contributed by atoms with Gasteiger partial charge in [0.1, 0.15) is 5.75 Å². The van der Waals surface area contributed by atoms with E-state index in [1.165, 1.54) is 12.1 Å². The van der Waals surface area contributed by atoms with Gasteiger partial charge in [0.15, 0.2) is 24.7 Å². The molecule has 2 amide bonds. The van der Waals surface area contributed by atoms with Crippen LogP contribution in [0.5, 0.6) is 5.75 Å². The van der Waals surface area contributed by atoms with Crippen LogP contribution in [-0.2, 0) is 14.3 Å². The van der Waals surface area contributed by atoms with Crippen molar-refractivity contribution in [3.63, 3.8) is 0 Å². The molecule has 0 unspecified atom stereocenters. The van der Waals surface area contributed by atoms with E-state index in [0.29, 0.717) is 16.8 Å².